The topological polar surface area (TPSA) is 89.2 Å². The number of carbonyl (C=O) groups excluding carboxylic acids is 2. The zero-order valence-corrected chi connectivity index (χ0v) is 17.2. The molecular formula is C22H25NO6. The van der Waals surface area contributed by atoms with Crippen LogP contribution in [0.1, 0.15) is 34.3 Å². The molecule has 29 heavy (non-hydrogen) atoms. The van der Waals surface area contributed by atoms with E-state index in [9.17, 15) is 14.7 Å². The molecule has 0 aliphatic carbocycles. The fourth-order valence-corrected chi connectivity index (χ4v) is 3.74. The van der Waals surface area contributed by atoms with Gasteiger partial charge in [-0.05, 0) is 50.1 Å². The van der Waals surface area contributed by atoms with Crippen LogP contribution in [0.3, 0.4) is 0 Å². The van der Waals surface area contributed by atoms with Crippen LogP contribution in [0.5, 0.6) is 5.75 Å². The predicted octanol–water partition coefficient (Wildman–Crippen LogP) is 3.28. The van der Waals surface area contributed by atoms with Gasteiger partial charge in [-0.3, -0.25) is 9.59 Å². The molecule has 7 nitrogen and oxygen atoms in total. The molecule has 0 spiro atoms. The second-order valence-corrected chi connectivity index (χ2v) is 7.10. The van der Waals surface area contributed by atoms with Gasteiger partial charge in [0.25, 0.3) is 11.7 Å². The van der Waals surface area contributed by atoms with Crippen molar-refractivity contribution in [3.05, 3.63) is 58.0 Å². The first-order chi connectivity index (χ1) is 13.8. The minimum atomic E-state index is -0.843. The molecule has 1 aromatic heterocycles. The Balaban J connectivity index is 2.24. The van der Waals surface area contributed by atoms with Crippen molar-refractivity contribution in [2.75, 3.05) is 27.4 Å². The summed E-state index contributed by atoms with van der Waals surface area (Å²) in [7, 11) is 3.02. The molecule has 1 atom stereocenters. The van der Waals surface area contributed by atoms with Crippen LogP contribution in [-0.4, -0.2) is 49.1 Å². The summed E-state index contributed by atoms with van der Waals surface area (Å²) in [6.07, 6.45) is 0. The molecule has 2 aromatic rings. The molecule has 7 heteroatoms. The highest BCUT2D eigenvalue weighted by atomic mass is 16.5. The van der Waals surface area contributed by atoms with Gasteiger partial charge in [0.15, 0.2) is 0 Å². The number of aliphatic hydroxyl groups excluding tert-OH is 1. The molecule has 1 fully saturated rings. The molecule has 1 N–H and O–H groups in total. The lowest BCUT2D eigenvalue weighted by atomic mass is 9.96. The van der Waals surface area contributed by atoms with Gasteiger partial charge in [-0.25, -0.2) is 0 Å². The highest BCUT2D eigenvalue weighted by molar-refractivity contribution is 6.46. The number of rotatable bonds is 6. The third kappa shape index (κ3) is 3.65. The van der Waals surface area contributed by atoms with Crippen molar-refractivity contribution >= 4 is 17.4 Å². The van der Waals surface area contributed by atoms with E-state index >= 15 is 0 Å². The van der Waals surface area contributed by atoms with Crippen molar-refractivity contribution in [2.24, 2.45) is 0 Å². The van der Waals surface area contributed by atoms with Crippen molar-refractivity contribution in [1.29, 1.82) is 0 Å². The molecule has 0 saturated carbocycles. The minimum Gasteiger partial charge on any atom is -0.507 e. The van der Waals surface area contributed by atoms with Crippen molar-refractivity contribution in [2.45, 2.75) is 26.8 Å². The third-order valence-electron chi connectivity index (χ3n) is 4.99. The SMILES string of the molecule is COCCN1C(=O)C(=O)/C(=C(/O)c2cc(C)cc(C)c2OC)C1c1ccc(C)o1. The van der Waals surface area contributed by atoms with E-state index in [4.69, 9.17) is 13.9 Å². The van der Waals surface area contributed by atoms with E-state index in [1.165, 1.54) is 19.1 Å². The summed E-state index contributed by atoms with van der Waals surface area (Å²) >= 11 is 0. The van der Waals surface area contributed by atoms with Gasteiger partial charge in [0, 0.05) is 13.7 Å². The molecular weight excluding hydrogens is 374 g/mol. The third-order valence-corrected chi connectivity index (χ3v) is 4.99. The van der Waals surface area contributed by atoms with Crippen molar-refractivity contribution in [3.63, 3.8) is 0 Å². The monoisotopic (exact) mass is 399 g/mol. The van der Waals surface area contributed by atoms with Gasteiger partial charge >= 0.3 is 0 Å². The number of ketones is 1. The van der Waals surface area contributed by atoms with E-state index < -0.39 is 17.7 Å². The molecule has 3 rings (SSSR count). The summed E-state index contributed by atoms with van der Waals surface area (Å²) in [5, 5.41) is 11.2. The van der Waals surface area contributed by atoms with E-state index in [1.54, 1.807) is 25.1 Å². The lowest BCUT2D eigenvalue weighted by Gasteiger charge is -2.23. The molecule has 1 aliphatic heterocycles. The number of Topliss-reactive ketones (excluding diaryl/α,β-unsaturated/α-hetero) is 1. The highest BCUT2D eigenvalue weighted by Gasteiger charge is 2.47. The minimum absolute atomic E-state index is 0.0243. The standard InChI is InChI=1S/C22H25NO6/c1-12-10-13(2)21(28-5)15(11-12)19(24)17-18(16-7-6-14(3)29-16)23(8-9-27-4)22(26)20(17)25/h6-7,10-11,18,24H,8-9H2,1-5H3/b19-17+. The summed E-state index contributed by atoms with van der Waals surface area (Å²) in [5.74, 6) is -0.259. The van der Waals surface area contributed by atoms with Gasteiger partial charge < -0.3 is 23.9 Å². The maximum atomic E-state index is 12.9. The molecule has 2 heterocycles. The van der Waals surface area contributed by atoms with Crippen LogP contribution in [0, 0.1) is 20.8 Å². The van der Waals surface area contributed by atoms with Crippen LogP contribution in [-0.2, 0) is 14.3 Å². The Morgan fingerprint density at radius 1 is 1.17 bits per heavy atom. The van der Waals surface area contributed by atoms with Gasteiger partial charge in [0.05, 0.1) is 24.9 Å². The maximum Gasteiger partial charge on any atom is 0.295 e. The normalized spacial score (nSPS) is 18.5. The number of hydrogen-bond donors (Lipinski definition) is 1. The van der Waals surface area contributed by atoms with E-state index in [2.05, 4.69) is 0 Å². The van der Waals surface area contributed by atoms with Gasteiger partial charge in [-0.2, -0.15) is 0 Å². The number of nitrogens with zero attached hydrogens (tertiary/aromatic N) is 1. The second kappa shape index (κ2) is 8.13. The molecule has 1 saturated heterocycles. The highest BCUT2D eigenvalue weighted by Crippen LogP contribution is 2.42. The Labute approximate surface area is 169 Å². The number of aryl methyl sites for hydroxylation is 3. The molecule has 0 radical (unpaired) electrons. The average molecular weight is 399 g/mol. The van der Waals surface area contributed by atoms with Gasteiger partial charge in [0.2, 0.25) is 0 Å². The Hall–Kier alpha value is -3.06. The van der Waals surface area contributed by atoms with E-state index in [-0.39, 0.29) is 24.5 Å². The molecule has 1 aromatic carbocycles. The quantitative estimate of drug-likeness (QED) is 0.456. The maximum absolute atomic E-state index is 12.9. The van der Waals surface area contributed by atoms with Gasteiger partial charge in [-0.1, -0.05) is 6.07 Å². The Morgan fingerprint density at radius 2 is 1.90 bits per heavy atom. The number of carbonyl (C=O) groups is 2. The van der Waals surface area contributed by atoms with Crippen molar-refractivity contribution in [1.82, 2.24) is 4.90 Å². The number of aliphatic hydroxyl groups is 1. The van der Waals surface area contributed by atoms with E-state index in [1.807, 2.05) is 19.9 Å². The van der Waals surface area contributed by atoms with Gasteiger partial charge in [-0.15, -0.1) is 0 Å². The zero-order chi connectivity index (χ0) is 21.3. The van der Waals surface area contributed by atoms with Crippen LogP contribution in [0.2, 0.25) is 0 Å². The van der Waals surface area contributed by atoms with Crippen LogP contribution >= 0.6 is 0 Å². The average Bonchev–Trinajstić information content (AvgIpc) is 3.20. The van der Waals surface area contributed by atoms with Crippen molar-refractivity contribution in [3.8, 4) is 5.75 Å². The van der Waals surface area contributed by atoms with Gasteiger partial charge in [0.1, 0.15) is 29.1 Å². The Kier molecular flexibility index (Phi) is 5.79. The number of hydrogen-bond acceptors (Lipinski definition) is 6. The largest absolute Gasteiger partial charge is 0.507 e. The lowest BCUT2D eigenvalue weighted by molar-refractivity contribution is -0.140. The fraction of sp³-hybridized carbons (Fsp3) is 0.364. The number of likely N-dealkylation sites (tertiary alicyclic amines) is 1. The summed E-state index contributed by atoms with van der Waals surface area (Å²) in [4.78, 5) is 27.0. The Morgan fingerprint density at radius 3 is 2.48 bits per heavy atom. The molecule has 1 unspecified atom stereocenters. The van der Waals surface area contributed by atoms with Crippen LogP contribution < -0.4 is 4.74 Å². The summed E-state index contributed by atoms with van der Waals surface area (Å²) in [6, 6.07) is 6.26. The van der Waals surface area contributed by atoms with Crippen LogP contribution in [0.15, 0.2) is 34.3 Å². The second-order valence-electron chi connectivity index (χ2n) is 7.10. The first-order valence-corrected chi connectivity index (χ1v) is 9.29. The number of methoxy groups -OCH3 is 2. The summed E-state index contributed by atoms with van der Waals surface area (Å²) in [5.41, 5.74) is 2.05. The van der Waals surface area contributed by atoms with Crippen LogP contribution in [0.25, 0.3) is 5.76 Å². The predicted molar refractivity (Wildman–Crippen MR) is 107 cm³/mol. The number of ether oxygens (including phenoxy) is 2. The first kappa shape index (κ1) is 20.7. The first-order valence-electron chi connectivity index (χ1n) is 9.29. The summed E-state index contributed by atoms with van der Waals surface area (Å²) in [6.45, 7) is 5.95. The summed E-state index contributed by atoms with van der Waals surface area (Å²) < 4.78 is 16.3. The molecule has 1 amide bonds. The lowest BCUT2D eigenvalue weighted by Crippen LogP contribution is -2.32. The van der Waals surface area contributed by atoms with E-state index in [0.717, 1.165) is 11.1 Å². The molecule has 1 aliphatic rings. The van der Waals surface area contributed by atoms with Crippen LogP contribution in [0.4, 0.5) is 0 Å². The smallest absolute Gasteiger partial charge is 0.295 e. The zero-order valence-electron chi connectivity index (χ0n) is 17.2. The molecule has 154 valence electrons. The van der Waals surface area contributed by atoms with Crippen molar-refractivity contribution < 1.29 is 28.6 Å². The molecule has 0 bridgehead atoms. The number of benzene rings is 1. The Bertz CT molecular complexity index is 987. The number of amides is 1. The fourth-order valence-electron chi connectivity index (χ4n) is 3.74. The van der Waals surface area contributed by atoms with E-state index in [0.29, 0.717) is 22.8 Å². The number of furan rings is 1.